The Kier molecular flexibility index (Phi) is 5.39. The Morgan fingerprint density at radius 2 is 1.65 bits per heavy atom. The number of hydrogen-bond acceptors (Lipinski definition) is 2. The summed E-state index contributed by atoms with van der Waals surface area (Å²) in [6, 6.07) is 15.3. The van der Waals surface area contributed by atoms with Gasteiger partial charge in [-0.05, 0) is 71.0 Å². The summed E-state index contributed by atoms with van der Waals surface area (Å²) in [7, 11) is -1.62. The minimum Gasteiger partial charge on any atom is -0.287 e. The molecule has 1 unspecified atom stereocenters. The Morgan fingerprint density at radius 3 is 2.26 bits per heavy atom. The van der Waals surface area contributed by atoms with E-state index in [1.165, 1.54) is 18.2 Å². The van der Waals surface area contributed by atoms with E-state index in [4.69, 9.17) is 0 Å². The number of fused-ring (bicyclic) bond motifs is 1. The molecule has 0 saturated heterocycles. The molecule has 0 spiro atoms. The zero-order valence-electron chi connectivity index (χ0n) is 18.6. The normalized spacial score (nSPS) is 17.7. The molecule has 2 heterocycles. The second kappa shape index (κ2) is 8.05. The van der Waals surface area contributed by atoms with Gasteiger partial charge in [-0.25, -0.2) is 8.60 Å². The van der Waals surface area contributed by atoms with Crippen molar-refractivity contribution in [3.63, 3.8) is 0 Å². The molecule has 0 radical (unpaired) electrons. The maximum absolute atomic E-state index is 14.6. The summed E-state index contributed by atoms with van der Waals surface area (Å²) in [6.07, 6.45) is -3.66. The summed E-state index contributed by atoms with van der Waals surface area (Å²) in [5, 5.41) is 0. The maximum atomic E-state index is 14.6. The zero-order valence-corrected chi connectivity index (χ0v) is 19.4. The predicted octanol–water partition coefficient (Wildman–Crippen LogP) is 6.43. The third kappa shape index (κ3) is 4.39. The number of nitrogens with zero attached hydrogens (tertiary/aromatic N) is 2. The van der Waals surface area contributed by atoms with E-state index in [0.717, 1.165) is 41.1 Å². The molecular weight excluding hydrogens is 464 g/mol. The molecule has 0 bridgehead atoms. The van der Waals surface area contributed by atoms with Crippen LogP contribution in [-0.4, -0.2) is 23.0 Å². The lowest BCUT2D eigenvalue weighted by atomic mass is 9.81. The highest BCUT2D eigenvalue weighted by molar-refractivity contribution is 7.86. The van der Waals surface area contributed by atoms with E-state index < -0.39 is 28.5 Å². The molecule has 176 valence electrons. The van der Waals surface area contributed by atoms with Crippen LogP contribution in [0.25, 0.3) is 11.1 Å². The highest BCUT2D eigenvalue weighted by atomic mass is 32.2. The van der Waals surface area contributed by atoms with Crippen molar-refractivity contribution >= 4 is 22.4 Å². The molecule has 0 aliphatic carbocycles. The molecule has 8 heteroatoms. The van der Waals surface area contributed by atoms with E-state index in [1.807, 2.05) is 18.2 Å². The molecule has 3 aromatic carbocycles. The Hall–Kier alpha value is -3.00. The van der Waals surface area contributed by atoms with Crippen LogP contribution in [-0.2, 0) is 23.6 Å². The molecule has 0 aromatic heterocycles. The van der Waals surface area contributed by atoms with Crippen LogP contribution in [0.2, 0.25) is 0 Å². The van der Waals surface area contributed by atoms with Crippen LogP contribution in [0.15, 0.2) is 70.6 Å². The third-order valence-corrected chi connectivity index (χ3v) is 7.49. The van der Waals surface area contributed by atoms with Gasteiger partial charge in [-0.2, -0.15) is 13.2 Å². The van der Waals surface area contributed by atoms with Gasteiger partial charge in [0.15, 0.2) is 11.0 Å². The standard InChI is InChI=1S/C26H22F4N2OS/c1-25(2)13-18-11-17(16-3-6-19(7-4-16)26(28,29)30)5-10-24(18)32(15-25)34(33)20-8-9-21(22(27)12-20)23-14-31-23/h3-12H,13-15H2,1-2H3. The van der Waals surface area contributed by atoms with Gasteiger partial charge in [0.2, 0.25) is 0 Å². The minimum atomic E-state index is -4.38. The molecule has 2 aliphatic heterocycles. The first kappa shape index (κ1) is 22.8. The molecule has 0 N–H and O–H groups in total. The highest BCUT2D eigenvalue weighted by Gasteiger charge is 2.34. The maximum Gasteiger partial charge on any atom is 0.416 e. The van der Waals surface area contributed by atoms with Crippen LogP contribution in [0, 0.1) is 11.2 Å². The Morgan fingerprint density at radius 1 is 0.971 bits per heavy atom. The van der Waals surface area contributed by atoms with E-state index in [1.54, 1.807) is 16.4 Å². The molecule has 3 aromatic rings. The first-order chi connectivity index (χ1) is 16.0. The Labute approximate surface area is 197 Å². The molecule has 1 atom stereocenters. The van der Waals surface area contributed by atoms with Crippen LogP contribution in [0.3, 0.4) is 0 Å². The van der Waals surface area contributed by atoms with Gasteiger partial charge in [0.05, 0.1) is 28.4 Å². The van der Waals surface area contributed by atoms with E-state index >= 15 is 0 Å². The van der Waals surface area contributed by atoms with E-state index in [-0.39, 0.29) is 5.41 Å². The molecule has 0 amide bonds. The summed E-state index contributed by atoms with van der Waals surface area (Å²) in [5.74, 6) is -0.434. The van der Waals surface area contributed by atoms with Crippen LogP contribution in [0.1, 0.15) is 30.5 Å². The number of anilines is 1. The van der Waals surface area contributed by atoms with Crippen molar-refractivity contribution in [2.75, 3.05) is 17.4 Å². The van der Waals surface area contributed by atoms with Gasteiger partial charge >= 0.3 is 6.18 Å². The lowest BCUT2D eigenvalue weighted by Gasteiger charge is -2.39. The molecule has 2 aliphatic rings. The number of aliphatic imine (C=N–C) groups is 1. The Bertz CT molecular complexity index is 1330. The average Bonchev–Trinajstić information content (AvgIpc) is 3.61. The van der Waals surface area contributed by atoms with Crippen LogP contribution >= 0.6 is 0 Å². The fraction of sp³-hybridized carbons (Fsp3) is 0.269. The van der Waals surface area contributed by atoms with Gasteiger partial charge in [0, 0.05) is 12.1 Å². The molecule has 34 heavy (non-hydrogen) atoms. The summed E-state index contributed by atoms with van der Waals surface area (Å²) in [6.45, 7) is 5.19. The largest absolute Gasteiger partial charge is 0.416 e. The topological polar surface area (TPSA) is 32.7 Å². The van der Waals surface area contributed by atoms with Gasteiger partial charge in [-0.15, -0.1) is 0 Å². The average molecular weight is 487 g/mol. The smallest absolute Gasteiger partial charge is 0.287 e. The van der Waals surface area contributed by atoms with Crippen molar-refractivity contribution in [2.45, 2.75) is 31.3 Å². The monoisotopic (exact) mass is 486 g/mol. The van der Waals surface area contributed by atoms with Crippen LogP contribution in [0.4, 0.5) is 23.2 Å². The van der Waals surface area contributed by atoms with Gasteiger partial charge in [-0.1, -0.05) is 32.0 Å². The molecular formula is C26H22F4N2OS. The molecule has 0 saturated carbocycles. The fourth-order valence-electron chi connectivity index (χ4n) is 4.37. The number of benzene rings is 3. The number of rotatable bonds is 4. The van der Waals surface area contributed by atoms with Gasteiger partial charge in [-0.3, -0.25) is 9.30 Å². The van der Waals surface area contributed by atoms with Crippen molar-refractivity contribution in [2.24, 2.45) is 10.4 Å². The van der Waals surface area contributed by atoms with E-state index in [0.29, 0.717) is 29.1 Å². The Balaban J connectivity index is 1.48. The minimum absolute atomic E-state index is 0.206. The van der Waals surface area contributed by atoms with Crippen LogP contribution in [0.5, 0.6) is 0 Å². The van der Waals surface area contributed by atoms with Gasteiger partial charge in [0.1, 0.15) is 5.82 Å². The van der Waals surface area contributed by atoms with E-state index in [9.17, 15) is 21.8 Å². The second-order valence-electron chi connectivity index (χ2n) is 9.45. The zero-order chi connectivity index (χ0) is 24.3. The van der Waals surface area contributed by atoms with Crippen molar-refractivity contribution in [1.29, 1.82) is 0 Å². The quantitative estimate of drug-likeness (QED) is 0.392. The van der Waals surface area contributed by atoms with Crippen molar-refractivity contribution in [1.82, 2.24) is 0 Å². The summed E-state index contributed by atoms with van der Waals surface area (Å²) >= 11 is 0. The number of halogens is 4. The first-order valence-corrected chi connectivity index (χ1v) is 12.0. The van der Waals surface area contributed by atoms with Crippen LogP contribution < -0.4 is 4.31 Å². The summed E-state index contributed by atoms with van der Waals surface area (Å²) in [5.41, 5.74) is 3.46. The SMILES string of the molecule is CC1(C)Cc2cc(-c3ccc(C(F)(F)F)cc3)ccc2N(S(=O)c2ccc(C3=NC3)c(F)c2)C1. The molecule has 5 rings (SSSR count). The van der Waals surface area contributed by atoms with Crippen molar-refractivity contribution in [3.8, 4) is 11.1 Å². The second-order valence-corrected chi connectivity index (χ2v) is 10.9. The predicted molar refractivity (Wildman–Crippen MR) is 126 cm³/mol. The lowest BCUT2D eigenvalue weighted by molar-refractivity contribution is -0.137. The fourth-order valence-corrected chi connectivity index (χ4v) is 5.84. The van der Waals surface area contributed by atoms with Crippen molar-refractivity contribution < 1.29 is 21.8 Å². The highest BCUT2D eigenvalue weighted by Crippen LogP contribution is 2.40. The third-order valence-electron chi connectivity index (χ3n) is 6.10. The van der Waals surface area contributed by atoms with E-state index in [2.05, 4.69) is 18.8 Å². The summed E-state index contributed by atoms with van der Waals surface area (Å²) < 4.78 is 68.6. The van der Waals surface area contributed by atoms with Gasteiger partial charge in [0.25, 0.3) is 0 Å². The van der Waals surface area contributed by atoms with Gasteiger partial charge < -0.3 is 0 Å². The lowest BCUT2D eigenvalue weighted by Crippen LogP contribution is -2.41. The number of alkyl halides is 3. The molecule has 0 fully saturated rings. The first-order valence-electron chi connectivity index (χ1n) is 10.9. The summed E-state index contributed by atoms with van der Waals surface area (Å²) in [4.78, 5) is 4.40. The number of hydrogen-bond donors (Lipinski definition) is 0. The van der Waals surface area contributed by atoms with Crippen molar-refractivity contribution in [3.05, 3.63) is 83.2 Å². The molecule has 3 nitrogen and oxygen atoms in total.